The van der Waals surface area contributed by atoms with Gasteiger partial charge in [-0.15, -0.1) is 0 Å². The second kappa shape index (κ2) is 6.93. The van der Waals surface area contributed by atoms with Crippen LogP contribution in [0.5, 0.6) is 0 Å². The Labute approximate surface area is 175 Å². The summed E-state index contributed by atoms with van der Waals surface area (Å²) in [6, 6.07) is 0. The van der Waals surface area contributed by atoms with Crippen LogP contribution in [0.2, 0.25) is 0 Å². The summed E-state index contributed by atoms with van der Waals surface area (Å²) in [6.45, 7) is 6.95. The van der Waals surface area contributed by atoms with Crippen molar-refractivity contribution < 1.29 is 9.90 Å². The summed E-state index contributed by atoms with van der Waals surface area (Å²) < 4.78 is 1.83. The van der Waals surface area contributed by atoms with Gasteiger partial charge in [-0.25, -0.2) is 0 Å². The minimum Gasteiger partial charge on any atom is -0.390 e. The van der Waals surface area contributed by atoms with Gasteiger partial charge in [-0.1, -0.05) is 6.92 Å². The number of hydrogen-bond acceptors (Lipinski definition) is 3. The van der Waals surface area contributed by atoms with Crippen LogP contribution in [0.25, 0.3) is 0 Å². The van der Waals surface area contributed by atoms with Crippen molar-refractivity contribution in [1.29, 1.82) is 0 Å². The normalized spacial score (nSPS) is 46.6. The number of aliphatic hydroxyl groups is 1. The Morgan fingerprint density at radius 2 is 1.90 bits per heavy atom. The molecule has 0 spiro atoms. The zero-order valence-electron chi connectivity index (χ0n) is 18.4. The maximum Gasteiger partial charge on any atom is 0.157 e. The number of aryl methyl sites for hydroxylation is 1. The van der Waals surface area contributed by atoms with Gasteiger partial charge in [-0.3, -0.25) is 9.48 Å². The van der Waals surface area contributed by atoms with Crippen LogP contribution in [0.1, 0.15) is 77.2 Å². The van der Waals surface area contributed by atoms with Crippen LogP contribution in [-0.4, -0.2) is 26.3 Å². The molecule has 0 saturated heterocycles. The summed E-state index contributed by atoms with van der Waals surface area (Å²) in [5.41, 5.74) is 0.873. The largest absolute Gasteiger partial charge is 0.390 e. The van der Waals surface area contributed by atoms with Crippen LogP contribution in [0, 0.1) is 47.8 Å². The monoisotopic (exact) mass is 398 g/mol. The third-order valence-corrected chi connectivity index (χ3v) is 9.71. The third-order valence-electron chi connectivity index (χ3n) is 9.71. The maximum absolute atomic E-state index is 13.3. The number of carbonyl (C=O) groups excluding carboxylic acids is 1. The summed E-state index contributed by atoms with van der Waals surface area (Å²) in [6.07, 6.45) is 14.5. The molecule has 1 aromatic heterocycles. The van der Waals surface area contributed by atoms with Gasteiger partial charge in [-0.05, 0) is 112 Å². The molecular formula is C25H38N2O2. The van der Waals surface area contributed by atoms with E-state index < -0.39 is 5.60 Å². The molecule has 1 aromatic rings. The van der Waals surface area contributed by atoms with E-state index in [1.807, 2.05) is 30.9 Å². The standard InChI is InChI=1S/C25H38N2O2/c1-16-13-26-27(14-16)15-23(28)22-7-6-21-20-5-4-17-12-24(2,29)10-8-18(17)19(20)9-11-25(21,22)3/h13-14,17-22,29H,4-12,15H2,1-3H3/t17-,18?,19-,20?,21+,22-,24-,25+/m1/s1. The third kappa shape index (κ3) is 3.30. The zero-order valence-corrected chi connectivity index (χ0v) is 18.4. The highest BCUT2D eigenvalue weighted by molar-refractivity contribution is 5.82. The second-order valence-electron chi connectivity index (χ2n) is 11.5. The first-order chi connectivity index (χ1) is 13.8. The fourth-order valence-corrected chi connectivity index (χ4v) is 8.43. The Morgan fingerprint density at radius 1 is 1.10 bits per heavy atom. The minimum absolute atomic E-state index is 0.188. The van der Waals surface area contributed by atoms with E-state index in [1.165, 1.54) is 38.5 Å². The molecule has 0 aliphatic heterocycles. The summed E-state index contributed by atoms with van der Waals surface area (Å²) in [5, 5.41) is 14.9. The van der Waals surface area contributed by atoms with Crippen molar-refractivity contribution in [2.45, 2.75) is 90.7 Å². The van der Waals surface area contributed by atoms with E-state index in [1.54, 1.807) is 0 Å². The van der Waals surface area contributed by atoms with Crippen LogP contribution in [-0.2, 0) is 11.3 Å². The van der Waals surface area contributed by atoms with Gasteiger partial charge in [0.25, 0.3) is 0 Å². The lowest BCUT2D eigenvalue weighted by Gasteiger charge is -2.56. The molecule has 0 amide bonds. The second-order valence-corrected chi connectivity index (χ2v) is 11.5. The number of aromatic nitrogens is 2. The average molecular weight is 399 g/mol. The van der Waals surface area contributed by atoms with Crippen LogP contribution in [0.4, 0.5) is 0 Å². The van der Waals surface area contributed by atoms with Crippen molar-refractivity contribution in [2.75, 3.05) is 0 Å². The smallest absolute Gasteiger partial charge is 0.157 e. The van der Waals surface area contributed by atoms with E-state index in [9.17, 15) is 9.90 Å². The van der Waals surface area contributed by atoms with Gasteiger partial charge in [0.1, 0.15) is 0 Å². The summed E-state index contributed by atoms with van der Waals surface area (Å²) in [4.78, 5) is 13.3. The molecule has 4 aliphatic rings. The Balaban J connectivity index is 1.31. The van der Waals surface area contributed by atoms with E-state index in [2.05, 4.69) is 12.0 Å². The summed E-state index contributed by atoms with van der Waals surface area (Å²) in [7, 11) is 0. The van der Waals surface area contributed by atoms with E-state index in [4.69, 9.17) is 0 Å². The summed E-state index contributed by atoms with van der Waals surface area (Å²) >= 11 is 0. The van der Waals surface area contributed by atoms with Crippen LogP contribution in [0.15, 0.2) is 12.4 Å². The molecule has 4 nitrogen and oxygen atoms in total. The molecule has 29 heavy (non-hydrogen) atoms. The number of nitrogens with zero attached hydrogens (tertiary/aromatic N) is 2. The van der Waals surface area contributed by atoms with Gasteiger partial charge in [0.15, 0.2) is 5.78 Å². The summed E-state index contributed by atoms with van der Waals surface area (Å²) in [5.74, 6) is 4.53. The van der Waals surface area contributed by atoms with Gasteiger partial charge in [0.05, 0.1) is 18.3 Å². The van der Waals surface area contributed by atoms with Crippen LogP contribution in [0.3, 0.4) is 0 Å². The van der Waals surface area contributed by atoms with Gasteiger partial charge in [-0.2, -0.15) is 5.10 Å². The Bertz CT molecular complexity index is 784. The van der Waals surface area contributed by atoms with Crippen molar-refractivity contribution >= 4 is 5.78 Å². The van der Waals surface area contributed by atoms with E-state index in [0.717, 1.165) is 54.4 Å². The molecule has 1 heterocycles. The highest BCUT2D eigenvalue weighted by atomic mass is 16.3. The predicted octanol–water partition coefficient (Wildman–Crippen LogP) is 4.78. The van der Waals surface area contributed by atoms with Gasteiger partial charge >= 0.3 is 0 Å². The molecule has 0 aromatic carbocycles. The van der Waals surface area contributed by atoms with Gasteiger partial charge in [0, 0.05) is 12.1 Å². The number of fused-ring (bicyclic) bond motifs is 5. The SMILES string of the molecule is Cc1cnn(CC(=O)[C@H]2CC[C@H]3C4CC[C@@H]5C[C@](C)(O)CCC5[C@H]4CC[C@]23C)c1. The maximum atomic E-state index is 13.3. The number of hydrogen-bond donors (Lipinski definition) is 1. The molecule has 8 atom stereocenters. The topological polar surface area (TPSA) is 55.1 Å². The lowest BCUT2D eigenvalue weighted by molar-refractivity contribution is -0.133. The highest BCUT2D eigenvalue weighted by Crippen LogP contribution is 2.64. The molecular weight excluding hydrogens is 360 g/mol. The highest BCUT2D eigenvalue weighted by Gasteiger charge is 2.58. The van der Waals surface area contributed by atoms with Gasteiger partial charge < -0.3 is 5.11 Å². The molecule has 4 saturated carbocycles. The Morgan fingerprint density at radius 3 is 2.66 bits per heavy atom. The van der Waals surface area contributed by atoms with Crippen molar-refractivity contribution in [3.63, 3.8) is 0 Å². The lowest BCUT2D eigenvalue weighted by atomic mass is 9.49. The first kappa shape index (κ1) is 19.8. The lowest BCUT2D eigenvalue weighted by Crippen LogP contribution is -2.51. The minimum atomic E-state index is -0.438. The molecule has 0 radical (unpaired) electrons. The number of carbonyl (C=O) groups is 1. The van der Waals surface area contributed by atoms with Gasteiger partial charge in [0.2, 0.25) is 0 Å². The first-order valence-corrected chi connectivity index (χ1v) is 12.0. The predicted molar refractivity (Wildman–Crippen MR) is 113 cm³/mol. The Hall–Kier alpha value is -1.16. The Kier molecular flexibility index (Phi) is 4.73. The molecule has 4 aliphatic carbocycles. The molecule has 2 unspecified atom stereocenters. The molecule has 4 heteroatoms. The van der Waals surface area contributed by atoms with E-state index in [-0.39, 0.29) is 11.3 Å². The molecule has 5 rings (SSSR count). The number of Topliss-reactive ketones (excluding diaryl/α,β-unsaturated/α-hetero) is 1. The van der Waals surface area contributed by atoms with Crippen molar-refractivity contribution in [3.8, 4) is 0 Å². The first-order valence-electron chi connectivity index (χ1n) is 12.0. The van der Waals surface area contributed by atoms with Crippen molar-refractivity contribution in [2.24, 2.45) is 40.9 Å². The van der Waals surface area contributed by atoms with E-state index >= 15 is 0 Å². The molecule has 4 fully saturated rings. The number of ketones is 1. The molecule has 0 bridgehead atoms. The van der Waals surface area contributed by atoms with E-state index in [0.29, 0.717) is 12.3 Å². The fourth-order valence-electron chi connectivity index (χ4n) is 8.43. The average Bonchev–Trinajstić information content (AvgIpc) is 3.22. The quantitative estimate of drug-likeness (QED) is 0.797. The molecule has 160 valence electrons. The van der Waals surface area contributed by atoms with Crippen LogP contribution >= 0.6 is 0 Å². The number of rotatable bonds is 3. The zero-order chi connectivity index (χ0) is 20.4. The van der Waals surface area contributed by atoms with Crippen molar-refractivity contribution in [1.82, 2.24) is 9.78 Å². The fraction of sp³-hybridized carbons (Fsp3) is 0.840. The van der Waals surface area contributed by atoms with Crippen LogP contribution < -0.4 is 0 Å². The van der Waals surface area contributed by atoms with Crippen molar-refractivity contribution in [3.05, 3.63) is 18.0 Å². The molecule has 1 N–H and O–H groups in total.